The Kier molecular flexibility index (Phi) is 3.34. The highest BCUT2D eigenvalue weighted by Crippen LogP contribution is 2.23. The van der Waals surface area contributed by atoms with E-state index in [2.05, 4.69) is 5.16 Å². The summed E-state index contributed by atoms with van der Waals surface area (Å²) in [6, 6.07) is 4.35. The summed E-state index contributed by atoms with van der Waals surface area (Å²) < 4.78 is 0. The van der Waals surface area contributed by atoms with Gasteiger partial charge in [0, 0.05) is 12.5 Å². The molecule has 0 saturated heterocycles. The number of benzene rings is 1. The topological polar surface area (TPSA) is 73.0 Å². The van der Waals surface area contributed by atoms with Crippen LogP contribution in [0.4, 0.5) is 0 Å². The van der Waals surface area contributed by atoms with Crippen LogP contribution < -0.4 is 0 Å². The molecule has 14 heavy (non-hydrogen) atoms. The van der Waals surface area contributed by atoms with Gasteiger partial charge < -0.3 is 15.4 Å². The van der Waals surface area contributed by atoms with E-state index in [9.17, 15) is 5.11 Å². The van der Waals surface area contributed by atoms with Crippen molar-refractivity contribution < 1.29 is 15.4 Å². The van der Waals surface area contributed by atoms with Crippen LogP contribution >= 0.6 is 0 Å². The van der Waals surface area contributed by atoms with Crippen molar-refractivity contribution in [3.8, 4) is 11.5 Å². The number of oxime groups is 1. The average Bonchev–Trinajstić information content (AvgIpc) is 2.17. The fourth-order valence-corrected chi connectivity index (χ4v) is 1.15. The standard InChI is InChI=1S/C10H13NO3/c1-2-8(11-14)5-7-3-4-9(12)6-10(7)13/h3-4,6,12-14H,2,5H2,1H3. The number of nitrogens with zero attached hydrogens (tertiary/aromatic N) is 1. The Labute approximate surface area is 82.1 Å². The third kappa shape index (κ3) is 2.39. The normalized spacial score (nSPS) is 11.6. The van der Waals surface area contributed by atoms with E-state index in [1.54, 1.807) is 6.07 Å². The summed E-state index contributed by atoms with van der Waals surface area (Å²) >= 11 is 0. The van der Waals surface area contributed by atoms with Gasteiger partial charge in [-0.05, 0) is 18.1 Å². The SMILES string of the molecule is CCC(Cc1ccc(O)cc1O)=NO. The first kappa shape index (κ1) is 10.4. The van der Waals surface area contributed by atoms with Gasteiger partial charge in [0.1, 0.15) is 11.5 Å². The maximum atomic E-state index is 9.43. The van der Waals surface area contributed by atoms with E-state index < -0.39 is 0 Å². The number of aromatic hydroxyl groups is 2. The smallest absolute Gasteiger partial charge is 0.122 e. The average molecular weight is 195 g/mol. The van der Waals surface area contributed by atoms with Crippen LogP contribution in [0.2, 0.25) is 0 Å². The van der Waals surface area contributed by atoms with Crippen molar-refractivity contribution in [2.24, 2.45) is 5.16 Å². The lowest BCUT2D eigenvalue weighted by Gasteiger charge is -2.04. The molecule has 0 aromatic heterocycles. The maximum absolute atomic E-state index is 9.43. The minimum Gasteiger partial charge on any atom is -0.508 e. The first-order chi connectivity index (χ1) is 6.67. The number of hydrogen-bond acceptors (Lipinski definition) is 4. The molecular weight excluding hydrogens is 182 g/mol. The lowest BCUT2D eigenvalue weighted by molar-refractivity contribution is 0.316. The Morgan fingerprint density at radius 2 is 2.07 bits per heavy atom. The van der Waals surface area contributed by atoms with E-state index in [4.69, 9.17) is 10.3 Å². The highest BCUT2D eigenvalue weighted by molar-refractivity contribution is 5.86. The van der Waals surface area contributed by atoms with Crippen LogP contribution in [0.3, 0.4) is 0 Å². The fraction of sp³-hybridized carbons (Fsp3) is 0.300. The van der Waals surface area contributed by atoms with Crippen LogP contribution in [0.15, 0.2) is 23.4 Å². The highest BCUT2D eigenvalue weighted by Gasteiger charge is 2.05. The molecule has 0 spiro atoms. The molecule has 0 aliphatic heterocycles. The number of rotatable bonds is 3. The summed E-state index contributed by atoms with van der Waals surface area (Å²) in [6.45, 7) is 1.87. The maximum Gasteiger partial charge on any atom is 0.122 e. The quantitative estimate of drug-likeness (QED) is 0.391. The van der Waals surface area contributed by atoms with Gasteiger partial charge in [0.2, 0.25) is 0 Å². The van der Waals surface area contributed by atoms with Crippen molar-refractivity contribution >= 4 is 5.71 Å². The highest BCUT2D eigenvalue weighted by atomic mass is 16.4. The molecule has 0 fully saturated rings. The minimum absolute atomic E-state index is 0.0135. The van der Waals surface area contributed by atoms with Crippen LogP contribution in [-0.2, 0) is 6.42 Å². The summed E-state index contributed by atoms with van der Waals surface area (Å²) in [6.07, 6.45) is 1.01. The van der Waals surface area contributed by atoms with E-state index in [1.165, 1.54) is 12.1 Å². The van der Waals surface area contributed by atoms with E-state index >= 15 is 0 Å². The molecule has 4 nitrogen and oxygen atoms in total. The molecule has 0 unspecified atom stereocenters. The van der Waals surface area contributed by atoms with Gasteiger partial charge in [-0.25, -0.2) is 0 Å². The fourth-order valence-electron chi connectivity index (χ4n) is 1.15. The Balaban J connectivity index is 2.87. The van der Waals surface area contributed by atoms with Gasteiger partial charge in [-0.3, -0.25) is 0 Å². The number of hydrogen-bond donors (Lipinski definition) is 3. The zero-order chi connectivity index (χ0) is 10.6. The van der Waals surface area contributed by atoms with Crippen molar-refractivity contribution in [1.29, 1.82) is 0 Å². The lowest BCUT2D eigenvalue weighted by atomic mass is 10.1. The third-order valence-electron chi connectivity index (χ3n) is 2.01. The molecule has 0 atom stereocenters. The second kappa shape index (κ2) is 4.50. The Hall–Kier alpha value is -1.71. The first-order valence-corrected chi connectivity index (χ1v) is 4.38. The summed E-state index contributed by atoms with van der Waals surface area (Å²) in [4.78, 5) is 0. The van der Waals surface area contributed by atoms with Gasteiger partial charge in [-0.15, -0.1) is 0 Å². The second-order valence-corrected chi connectivity index (χ2v) is 3.01. The molecule has 1 aromatic rings. The molecule has 0 bridgehead atoms. The predicted octanol–water partition coefficient (Wildman–Crippen LogP) is 1.88. The number of phenolic OH excluding ortho intramolecular Hbond substituents is 2. The van der Waals surface area contributed by atoms with Gasteiger partial charge in [0.15, 0.2) is 0 Å². The Morgan fingerprint density at radius 3 is 2.57 bits per heavy atom. The van der Waals surface area contributed by atoms with Gasteiger partial charge >= 0.3 is 0 Å². The van der Waals surface area contributed by atoms with Crippen molar-refractivity contribution in [1.82, 2.24) is 0 Å². The monoisotopic (exact) mass is 195 g/mol. The van der Waals surface area contributed by atoms with Crippen LogP contribution in [0.25, 0.3) is 0 Å². The molecule has 1 rings (SSSR count). The summed E-state index contributed by atoms with van der Waals surface area (Å²) in [5, 5.41) is 30.2. The molecule has 0 aliphatic rings. The van der Waals surface area contributed by atoms with Crippen molar-refractivity contribution in [2.75, 3.05) is 0 Å². The minimum atomic E-state index is 0.0135. The van der Waals surface area contributed by atoms with Crippen molar-refractivity contribution in [2.45, 2.75) is 19.8 Å². The van der Waals surface area contributed by atoms with Crippen LogP contribution in [0.5, 0.6) is 11.5 Å². The van der Waals surface area contributed by atoms with E-state index in [0.717, 1.165) is 0 Å². The lowest BCUT2D eigenvalue weighted by Crippen LogP contribution is -2.01. The molecule has 0 aliphatic carbocycles. The zero-order valence-electron chi connectivity index (χ0n) is 7.94. The second-order valence-electron chi connectivity index (χ2n) is 3.01. The van der Waals surface area contributed by atoms with Gasteiger partial charge in [-0.2, -0.15) is 0 Å². The van der Waals surface area contributed by atoms with E-state index in [-0.39, 0.29) is 11.5 Å². The van der Waals surface area contributed by atoms with Gasteiger partial charge in [-0.1, -0.05) is 18.1 Å². The summed E-state index contributed by atoms with van der Waals surface area (Å²) in [5.74, 6) is 0.0323. The molecule has 4 heteroatoms. The largest absolute Gasteiger partial charge is 0.508 e. The van der Waals surface area contributed by atoms with Crippen LogP contribution in [-0.4, -0.2) is 21.1 Å². The van der Waals surface area contributed by atoms with E-state index in [0.29, 0.717) is 24.1 Å². The van der Waals surface area contributed by atoms with Gasteiger partial charge in [0.05, 0.1) is 5.71 Å². The molecule has 76 valence electrons. The number of phenols is 2. The summed E-state index contributed by atoms with van der Waals surface area (Å²) in [7, 11) is 0. The molecule has 0 radical (unpaired) electrons. The molecule has 0 amide bonds. The molecule has 3 N–H and O–H groups in total. The predicted molar refractivity (Wildman–Crippen MR) is 53.0 cm³/mol. The molecular formula is C10H13NO3. The van der Waals surface area contributed by atoms with Crippen molar-refractivity contribution in [3.63, 3.8) is 0 Å². The Bertz CT molecular complexity index is 347. The zero-order valence-corrected chi connectivity index (χ0v) is 7.94. The molecule has 1 aromatic carbocycles. The first-order valence-electron chi connectivity index (χ1n) is 4.38. The third-order valence-corrected chi connectivity index (χ3v) is 2.01. The van der Waals surface area contributed by atoms with E-state index in [1.807, 2.05) is 6.92 Å². The van der Waals surface area contributed by atoms with Crippen LogP contribution in [0, 0.1) is 0 Å². The Morgan fingerprint density at radius 1 is 1.36 bits per heavy atom. The molecule has 0 saturated carbocycles. The molecule has 0 heterocycles. The van der Waals surface area contributed by atoms with Crippen molar-refractivity contribution in [3.05, 3.63) is 23.8 Å². The summed E-state index contributed by atoms with van der Waals surface area (Å²) in [5.41, 5.74) is 1.23. The van der Waals surface area contributed by atoms with Gasteiger partial charge in [0.25, 0.3) is 0 Å². The van der Waals surface area contributed by atoms with Crippen LogP contribution in [0.1, 0.15) is 18.9 Å².